The van der Waals surface area contributed by atoms with Crippen molar-refractivity contribution < 1.29 is 27.8 Å². The first-order chi connectivity index (χ1) is 18.0. The van der Waals surface area contributed by atoms with Gasteiger partial charge in [0.05, 0.1) is 18.2 Å². The van der Waals surface area contributed by atoms with Crippen LogP contribution in [0.15, 0.2) is 48.8 Å². The summed E-state index contributed by atoms with van der Waals surface area (Å²) in [6, 6.07) is 13.4. The molecule has 1 N–H and O–H groups in total. The normalized spacial score (nSPS) is 15.2. The number of fused-ring (bicyclic) bond motifs is 1. The molecule has 0 unspecified atom stereocenters. The van der Waals surface area contributed by atoms with Gasteiger partial charge in [0.2, 0.25) is 0 Å². The van der Waals surface area contributed by atoms with E-state index in [1.165, 1.54) is 10.6 Å². The number of hydrogen-bond donors (Lipinski definition) is 1. The van der Waals surface area contributed by atoms with Gasteiger partial charge in [0.1, 0.15) is 18.8 Å². The third-order valence-corrected chi connectivity index (χ3v) is 8.41. The minimum atomic E-state index is -4.23. The summed E-state index contributed by atoms with van der Waals surface area (Å²) >= 11 is 0. The summed E-state index contributed by atoms with van der Waals surface area (Å²) in [5.41, 5.74) is 0.573. The van der Waals surface area contributed by atoms with Crippen LogP contribution in [0.3, 0.4) is 0 Å². The molecule has 2 aromatic carbocycles. The first kappa shape index (κ1) is 27.4. The van der Waals surface area contributed by atoms with Crippen molar-refractivity contribution in [1.82, 2.24) is 18.6 Å². The fraction of sp³-hybridized carbons (Fsp3) is 0.423. The second-order valence-corrected chi connectivity index (χ2v) is 11.7. The van der Waals surface area contributed by atoms with E-state index in [1.54, 1.807) is 27.9 Å². The van der Waals surface area contributed by atoms with Gasteiger partial charge in [-0.25, -0.2) is 14.8 Å². The van der Waals surface area contributed by atoms with Crippen molar-refractivity contribution in [3.05, 3.63) is 54.4 Å². The Morgan fingerprint density at radius 2 is 1.79 bits per heavy atom. The van der Waals surface area contributed by atoms with Crippen molar-refractivity contribution >= 4 is 33.0 Å². The second-order valence-electron chi connectivity index (χ2n) is 9.96. The molecule has 1 amide bonds. The van der Waals surface area contributed by atoms with E-state index < -0.39 is 21.8 Å². The number of amides is 1. The molecular weight excluding hydrogens is 510 g/mol. The molecule has 0 aliphatic carbocycles. The van der Waals surface area contributed by atoms with Gasteiger partial charge in [-0.3, -0.25) is 0 Å². The topological polar surface area (TPSA) is 125 Å². The molecule has 3 aromatic rings. The molecule has 4 rings (SSSR count). The zero-order valence-corrected chi connectivity index (χ0v) is 22.8. The van der Waals surface area contributed by atoms with Gasteiger partial charge < -0.3 is 19.5 Å². The Balaban J connectivity index is 1.58. The number of anilines is 1. The highest BCUT2D eigenvalue weighted by Crippen LogP contribution is 2.36. The van der Waals surface area contributed by atoms with Crippen LogP contribution in [0.2, 0.25) is 0 Å². The number of hydrogen-bond acceptors (Lipinski definition) is 8. The van der Waals surface area contributed by atoms with Crippen LogP contribution in [-0.4, -0.2) is 77.0 Å². The Bertz CT molecular complexity index is 1390. The van der Waals surface area contributed by atoms with E-state index in [4.69, 9.17) is 9.47 Å². The molecule has 0 saturated carbocycles. The first-order valence-electron chi connectivity index (χ1n) is 12.3. The fourth-order valence-corrected chi connectivity index (χ4v) is 6.29. The Kier molecular flexibility index (Phi) is 7.93. The van der Waals surface area contributed by atoms with Crippen LogP contribution in [0.5, 0.6) is 11.5 Å². The summed E-state index contributed by atoms with van der Waals surface area (Å²) in [6.07, 6.45) is 0.464. The van der Waals surface area contributed by atoms with Crippen LogP contribution in [0, 0.1) is 0 Å². The molecule has 1 fully saturated rings. The molecule has 11 nitrogen and oxygen atoms in total. The smallest absolute Gasteiger partial charge is 0.422 e. The summed E-state index contributed by atoms with van der Waals surface area (Å²) < 4.78 is 39.9. The number of carboxylic acid groups (broad SMARTS) is 1. The molecule has 0 bridgehead atoms. The lowest BCUT2D eigenvalue weighted by molar-refractivity contribution is 0.142. The van der Waals surface area contributed by atoms with E-state index in [-0.39, 0.29) is 13.1 Å². The molecule has 2 heterocycles. The fourth-order valence-electron chi connectivity index (χ4n) is 4.49. The van der Waals surface area contributed by atoms with Gasteiger partial charge in [0, 0.05) is 37.6 Å². The van der Waals surface area contributed by atoms with Crippen LogP contribution in [0.25, 0.3) is 10.9 Å². The molecule has 0 atom stereocenters. The van der Waals surface area contributed by atoms with Gasteiger partial charge in [-0.1, -0.05) is 30.3 Å². The van der Waals surface area contributed by atoms with Crippen LogP contribution >= 0.6 is 0 Å². The highest BCUT2D eigenvalue weighted by atomic mass is 32.2. The largest absolute Gasteiger partial charge is 0.493 e. The maximum absolute atomic E-state index is 13.3. The van der Waals surface area contributed by atoms with E-state index in [9.17, 15) is 18.3 Å². The Labute approximate surface area is 222 Å². The zero-order valence-electron chi connectivity index (χ0n) is 22.0. The van der Waals surface area contributed by atoms with Crippen molar-refractivity contribution in [2.24, 2.45) is 0 Å². The molecule has 204 valence electrons. The predicted molar refractivity (Wildman–Crippen MR) is 144 cm³/mol. The standard InChI is InChI=1S/C26H33N5O6S/c1-26(2,3)31(25(32)33)38(34,35)30-12-8-11-29(13-14-30)24-20-15-22(36-4)23(16-21(20)27-18-28-24)37-17-19-9-6-5-7-10-19/h5-7,9-10,15-16,18H,8,11-14,17H2,1-4H3,(H,32,33). The third kappa shape index (κ3) is 5.76. The number of methoxy groups -OCH3 is 1. The SMILES string of the molecule is COc1cc2c(N3CCCN(S(=O)(=O)N(C(=O)O)C(C)(C)C)CC3)ncnc2cc1OCc1ccccc1. The van der Waals surface area contributed by atoms with Gasteiger partial charge in [0.15, 0.2) is 11.5 Å². The Hall–Kier alpha value is -3.64. The van der Waals surface area contributed by atoms with Crippen molar-refractivity contribution in [1.29, 1.82) is 0 Å². The lowest BCUT2D eigenvalue weighted by Gasteiger charge is -2.35. The van der Waals surface area contributed by atoms with E-state index >= 15 is 0 Å². The van der Waals surface area contributed by atoms with Crippen molar-refractivity contribution in [3.63, 3.8) is 0 Å². The summed E-state index contributed by atoms with van der Waals surface area (Å²) in [4.78, 5) is 22.8. The molecule has 1 aromatic heterocycles. The quantitative estimate of drug-likeness (QED) is 0.474. The molecule has 0 spiro atoms. The molecule has 1 aliphatic heterocycles. The van der Waals surface area contributed by atoms with Crippen LogP contribution < -0.4 is 14.4 Å². The van der Waals surface area contributed by atoms with Crippen molar-refractivity contribution in [3.8, 4) is 11.5 Å². The van der Waals surface area contributed by atoms with Crippen LogP contribution in [0.4, 0.5) is 10.6 Å². The monoisotopic (exact) mass is 543 g/mol. The highest BCUT2D eigenvalue weighted by molar-refractivity contribution is 7.87. The number of nitrogens with zero attached hydrogens (tertiary/aromatic N) is 5. The number of ether oxygens (including phenoxy) is 2. The van der Waals surface area contributed by atoms with E-state index in [0.29, 0.717) is 53.3 Å². The van der Waals surface area contributed by atoms with Gasteiger partial charge in [-0.2, -0.15) is 17.0 Å². The van der Waals surface area contributed by atoms with E-state index in [1.807, 2.05) is 47.4 Å². The number of carbonyl (C=O) groups is 1. The average molecular weight is 544 g/mol. The van der Waals surface area contributed by atoms with Gasteiger partial charge >= 0.3 is 16.3 Å². The third-order valence-electron chi connectivity index (χ3n) is 6.23. The second kappa shape index (κ2) is 11.0. The van der Waals surface area contributed by atoms with Crippen LogP contribution in [-0.2, 0) is 16.8 Å². The average Bonchev–Trinajstić information content (AvgIpc) is 3.12. The van der Waals surface area contributed by atoms with Gasteiger partial charge in [-0.15, -0.1) is 0 Å². The van der Waals surface area contributed by atoms with E-state index in [0.717, 1.165) is 10.9 Å². The van der Waals surface area contributed by atoms with Gasteiger partial charge in [0.25, 0.3) is 0 Å². The minimum absolute atomic E-state index is 0.114. The Morgan fingerprint density at radius 3 is 2.45 bits per heavy atom. The van der Waals surface area contributed by atoms with Crippen molar-refractivity contribution in [2.75, 3.05) is 38.2 Å². The summed E-state index contributed by atoms with van der Waals surface area (Å²) in [5.74, 6) is 1.73. The number of benzene rings is 2. The maximum Gasteiger partial charge on any atom is 0.422 e. The summed E-state index contributed by atoms with van der Waals surface area (Å²) in [7, 11) is -2.66. The number of rotatable bonds is 7. The Morgan fingerprint density at radius 1 is 1.05 bits per heavy atom. The first-order valence-corrected chi connectivity index (χ1v) is 13.7. The van der Waals surface area contributed by atoms with E-state index in [2.05, 4.69) is 9.97 Å². The lowest BCUT2D eigenvalue weighted by atomic mass is 10.1. The van der Waals surface area contributed by atoms with Gasteiger partial charge in [-0.05, 0) is 38.8 Å². The molecule has 38 heavy (non-hydrogen) atoms. The molecule has 1 saturated heterocycles. The molecular formula is C26H33N5O6S. The van der Waals surface area contributed by atoms with Crippen LogP contribution in [0.1, 0.15) is 32.8 Å². The molecule has 12 heteroatoms. The lowest BCUT2D eigenvalue weighted by Crippen LogP contribution is -2.55. The summed E-state index contributed by atoms with van der Waals surface area (Å²) in [5, 5.41) is 10.4. The molecule has 0 radical (unpaired) electrons. The predicted octanol–water partition coefficient (Wildman–Crippen LogP) is 3.75. The highest BCUT2D eigenvalue weighted by Gasteiger charge is 2.41. The minimum Gasteiger partial charge on any atom is -0.493 e. The van der Waals surface area contributed by atoms with Crippen molar-refractivity contribution in [2.45, 2.75) is 39.3 Å². The summed E-state index contributed by atoms with van der Waals surface area (Å²) in [6.45, 7) is 6.22. The zero-order chi connectivity index (χ0) is 27.5. The molecule has 1 aliphatic rings. The maximum atomic E-state index is 13.3. The number of aromatic nitrogens is 2.